The van der Waals surface area contributed by atoms with E-state index in [-0.39, 0.29) is 0 Å². The summed E-state index contributed by atoms with van der Waals surface area (Å²) in [6.45, 7) is 0. The lowest BCUT2D eigenvalue weighted by molar-refractivity contribution is 1.08. The lowest BCUT2D eigenvalue weighted by Gasteiger charge is -2.10. The summed E-state index contributed by atoms with van der Waals surface area (Å²) in [5, 5.41) is 4.68. The molecule has 0 aliphatic rings. The first-order chi connectivity index (χ1) is 18.8. The lowest BCUT2D eigenvalue weighted by atomic mass is 10.0. The molecule has 178 valence electrons. The van der Waals surface area contributed by atoms with Crippen LogP contribution in [-0.4, -0.2) is 19.9 Å². The molecule has 0 atom stereocenters. The highest BCUT2D eigenvalue weighted by atomic mass is 15.0. The summed E-state index contributed by atoms with van der Waals surface area (Å²) in [6, 6.07) is 41.6. The Kier molecular flexibility index (Phi) is 5.41. The van der Waals surface area contributed by atoms with Gasteiger partial charge in [-0.05, 0) is 50.9 Å². The van der Waals surface area contributed by atoms with Gasteiger partial charge in [0.05, 0.1) is 0 Å². The summed E-state index contributed by atoms with van der Waals surface area (Å²) in [5.74, 6) is 1.95. The minimum Gasteiger partial charge on any atom is -0.264 e. The van der Waals surface area contributed by atoms with Gasteiger partial charge in [0.15, 0.2) is 17.5 Å². The molecule has 0 bridgehead atoms. The fourth-order valence-corrected chi connectivity index (χ4v) is 4.77. The summed E-state index contributed by atoms with van der Waals surface area (Å²) in [5.41, 5.74) is 5.02. The third kappa shape index (κ3) is 4.18. The maximum absolute atomic E-state index is 4.95. The van der Waals surface area contributed by atoms with Crippen molar-refractivity contribution < 1.29 is 0 Å². The number of hydrogen-bond donors (Lipinski definition) is 0. The first-order valence-electron chi connectivity index (χ1n) is 12.6. The van der Waals surface area contributed by atoms with Crippen molar-refractivity contribution in [1.82, 2.24) is 19.9 Å². The summed E-state index contributed by atoms with van der Waals surface area (Å²) in [4.78, 5) is 19.1. The molecule has 2 aromatic heterocycles. The monoisotopic (exact) mass is 486 g/mol. The maximum Gasteiger partial charge on any atom is 0.164 e. The second-order valence-electron chi connectivity index (χ2n) is 9.25. The molecular weight excluding hydrogens is 464 g/mol. The van der Waals surface area contributed by atoms with Crippen LogP contribution in [0.3, 0.4) is 0 Å². The van der Waals surface area contributed by atoms with Gasteiger partial charge < -0.3 is 0 Å². The molecule has 0 unspecified atom stereocenters. The van der Waals surface area contributed by atoms with E-state index in [0.29, 0.717) is 17.5 Å². The normalized spacial score (nSPS) is 11.2. The van der Waals surface area contributed by atoms with E-state index >= 15 is 0 Å². The molecule has 0 fully saturated rings. The Morgan fingerprint density at radius 3 is 1.34 bits per heavy atom. The number of hydrogen-bond acceptors (Lipinski definition) is 4. The Labute approximate surface area is 220 Å². The zero-order valence-electron chi connectivity index (χ0n) is 20.5. The van der Waals surface area contributed by atoms with E-state index in [0.717, 1.165) is 38.6 Å². The Morgan fingerprint density at radius 1 is 0.342 bits per heavy atom. The minimum atomic E-state index is 0.643. The van der Waals surface area contributed by atoms with Crippen molar-refractivity contribution in [2.75, 3.05) is 0 Å². The van der Waals surface area contributed by atoms with Gasteiger partial charge >= 0.3 is 0 Å². The van der Waals surface area contributed by atoms with Crippen molar-refractivity contribution in [3.8, 4) is 45.3 Å². The Morgan fingerprint density at radius 2 is 0.816 bits per heavy atom. The average Bonchev–Trinajstić information content (AvgIpc) is 3.01. The van der Waals surface area contributed by atoms with Gasteiger partial charge in [-0.25, -0.2) is 15.0 Å². The van der Waals surface area contributed by atoms with Crippen LogP contribution >= 0.6 is 0 Å². The molecule has 0 radical (unpaired) electrons. The standard InChI is InChI=1S/C34H22N4/c1-3-8-27-20-29(17-13-23(27)6-1)33-36-32(26-15-11-25(12-16-26)31-10-5-19-35-22-31)37-34(38-33)30-18-14-24-7-2-4-9-28(24)21-30/h1-22H. The van der Waals surface area contributed by atoms with Crippen LogP contribution in [0.25, 0.3) is 66.8 Å². The molecule has 0 aliphatic heterocycles. The molecule has 4 heteroatoms. The van der Waals surface area contributed by atoms with Crippen molar-refractivity contribution in [3.63, 3.8) is 0 Å². The highest BCUT2D eigenvalue weighted by Crippen LogP contribution is 2.29. The number of pyridine rings is 1. The van der Waals surface area contributed by atoms with Gasteiger partial charge in [0, 0.05) is 29.1 Å². The minimum absolute atomic E-state index is 0.643. The lowest BCUT2D eigenvalue weighted by Crippen LogP contribution is -2.00. The van der Waals surface area contributed by atoms with Crippen LogP contribution in [0, 0.1) is 0 Å². The second kappa shape index (κ2) is 9.34. The number of rotatable bonds is 4. The van der Waals surface area contributed by atoms with Crippen LogP contribution in [-0.2, 0) is 0 Å². The highest BCUT2D eigenvalue weighted by molar-refractivity contribution is 5.88. The van der Waals surface area contributed by atoms with Gasteiger partial charge in [0.25, 0.3) is 0 Å². The summed E-state index contributed by atoms with van der Waals surface area (Å²) in [6.07, 6.45) is 3.65. The third-order valence-corrected chi connectivity index (χ3v) is 6.79. The van der Waals surface area contributed by atoms with Crippen LogP contribution in [0.1, 0.15) is 0 Å². The first kappa shape index (κ1) is 22.0. The molecule has 2 heterocycles. The van der Waals surface area contributed by atoms with Crippen LogP contribution in [0.15, 0.2) is 134 Å². The van der Waals surface area contributed by atoms with E-state index in [1.807, 2.05) is 12.3 Å². The zero-order chi connectivity index (χ0) is 25.3. The van der Waals surface area contributed by atoms with Gasteiger partial charge in [-0.15, -0.1) is 0 Å². The molecule has 0 saturated heterocycles. The second-order valence-corrected chi connectivity index (χ2v) is 9.25. The van der Waals surface area contributed by atoms with Crippen LogP contribution in [0.2, 0.25) is 0 Å². The van der Waals surface area contributed by atoms with Gasteiger partial charge in [0.2, 0.25) is 0 Å². The van der Waals surface area contributed by atoms with E-state index < -0.39 is 0 Å². The highest BCUT2D eigenvalue weighted by Gasteiger charge is 2.13. The van der Waals surface area contributed by atoms with Gasteiger partial charge in [0.1, 0.15) is 0 Å². The summed E-state index contributed by atoms with van der Waals surface area (Å²) >= 11 is 0. The molecule has 38 heavy (non-hydrogen) atoms. The topological polar surface area (TPSA) is 51.6 Å². The predicted molar refractivity (Wildman–Crippen MR) is 154 cm³/mol. The number of aromatic nitrogens is 4. The largest absolute Gasteiger partial charge is 0.264 e. The van der Waals surface area contributed by atoms with Gasteiger partial charge in [-0.1, -0.05) is 103 Å². The predicted octanol–water partition coefficient (Wildman–Crippen LogP) is 8.24. The van der Waals surface area contributed by atoms with E-state index in [1.54, 1.807) is 6.20 Å². The van der Waals surface area contributed by atoms with E-state index in [2.05, 4.69) is 120 Å². The van der Waals surface area contributed by atoms with Gasteiger partial charge in [-0.2, -0.15) is 0 Å². The van der Waals surface area contributed by atoms with Crippen molar-refractivity contribution >= 4 is 21.5 Å². The zero-order valence-corrected chi connectivity index (χ0v) is 20.5. The van der Waals surface area contributed by atoms with E-state index in [9.17, 15) is 0 Å². The van der Waals surface area contributed by atoms with E-state index in [1.165, 1.54) is 10.8 Å². The molecule has 7 aromatic rings. The molecular formula is C34H22N4. The maximum atomic E-state index is 4.95. The summed E-state index contributed by atoms with van der Waals surface area (Å²) < 4.78 is 0. The van der Waals surface area contributed by atoms with Gasteiger partial charge in [-0.3, -0.25) is 4.98 Å². The number of nitrogens with zero attached hydrogens (tertiary/aromatic N) is 4. The fourth-order valence-electron chi connectivity index (χ4n) is 4.77. The Balaban J connectivity index is 1.38. The SMILES string of the molecule is c1cncc(-c2ccc(-c3nc(-c4ccc5ccccc5c4)nc(-c4ccc5ccccc5c4)n3)cc2)c1. The molecule has 0 saturated carbocycles. The van der Waals surface area contributed by atoms with Crippen LogP contribution in [0.5, 0.6) is 0 Å². The molecule has 0 N–H and O–H groups in total. The Hall–Kier alpha value is -5.22. The van der Waals surface area contributed by atoms with Crippen molar-refractivity contribution in [3.05, 3.63) is 134 Å². The van der Waals surface area contributed by atoms with Crippen molar-refractivity contribution in [1.29, 1.82) is 0 Å². The molecule has 0 amide bonds. The van der Waals surface area contributed by atoms with Crippen molar-refractivity contribution in [2.24, 2.45) is 0 Å². The summed E-state index contributed by atoms with van der Waals surface area (Å²) in [7, 11) is 0. The van der Waals surface area contributed by atoms with Crippen molar-refractivity contribution in [2.45, 2.75) is 0 Å². The first-order valence-corrected chi connectivity index (χ1v) is 12.6. The quantitative estimate of drug-likeness (QED) is 0.251. The molecule has 5 aromatic carbocycles. The molecule has 0 aliphatic carbocycles. The smallest absolute Gasteiger partial charge is 0.164 e. The molecule has 0 spiro atoms. The van der Waals surface area contributed by atoms with Crippen LogP contribution in [0.4, 0.5) is 0 Å². The number of fused-ring (bicyclic) bond motifs is 2. The third-order valence-electron chi connectivity index (χ3n) is 6.79. The molecule has 7 rings (SSSR count). The molecule has 4 nitrogen and oxygen atoms in total. The van der Waals surface area contributed by atoms with E-state index in [4.69, 9.17) is 15.0 Å². The fraction of sp³-hybridized carbons (Fsp3) is 0. The Bertz CT molecular complexity index is 1810. The van der Waals surface area contributed by atoms with Crippen LogP contribution < -0.4 is 0 Å². The number of benzene rings is 5. The average molecular weight is 487 g/mol.